The van der Waals surface area contributed by atoms with Crippen LogP contribution in [0.25, 0.3) is 6.08 Å². The summed E-state index contributed by atoms with van der Waals surface area (Å²) in [6.07, 6.45) is 2.96. The van der Waals surface area contributed by atoms with Crippen LogP contribution >= 0.6 is 24.0 Å². The predicted molar refractivity (Wildman–Crippen MR) is 139 cm³/mol. The fourth-order valence-corrected chi connectivity index (χ4v) is 5.44. The van der Waals surface area contributed by atoms with Crippen LogP contribution in [-0.4, -0.2) is 33.7 Å². The first-order valence-electron chi connectivity index (χ1n) is 11.7. The Bertz CT molecular complexity index is 1160. The van der Waals surface area contributed by atoms with Crippen LogP contribution in [0.4, 0.5) is 18.9 Å². The molecule has 1 N–H and O–H groups in total. The Balaban J connectivity index is 1.33. The highest BCUT2D eigenvalue weighted by Crippen LogP contribution is 2.35. The smallest absolute Gasteiger partial charge is 0.418 e. The van der Waals surface area contributed by atoms with Gasteiger partial charge in [-0.15, -0.1) is 0 Å². The lowest BCUT2D eigenvalue weighted by molar-refractivity contribution is -0.137. The molecule has 4 rings (SSSR count). The Kier molecular flexibility index (Phi) is 8.35. The SMILES string of the molecule is O=C(CCN1C(=O)/C(=C/c2ccc(OC3CCCCC3)cc2)SC1=S)Nc1ccccc1C(F)(F)F. The van der Waals surface area contributed by atoms with Crippen molar-refractivity contribution in [3.63, 3.8) is 0 Å². The van der Waals surface area contributed by atoms with Crippen LogP contribution in [0.3, 0.4) is 0 Å². The summed E-state index contributed by atoms with van der Waals surface area (Å²) in [7, 11) is 0. The first kappa shape index (κ1) is 26.2. The van der Waals surface area contributed by atoms with E-state index in [4.69, 9.17) is 17.0 Å². The molecule has 2 aromatic rings. The maximum Gasteiger partial charge on any atom is 0.418 e. The van der Waals surface area contributed by atoms with Crippen molar-refractivity contribution >= 4 is 51.9 Å². The van der Waals surface area contributed by atoms with E-state index < -0.39 is 17.6 Å². The molecule has 2 aromatic carbocycles. The third kappa shape index (κ3) is 6.67. The molecule has 2 amide bonds. The van der Waals surface area contributed by atoms with Gasteiger partial charge in [0.1, 0.15) is 10.1 Å². The maximum atomic E-state index is 13.1. The van der Waals surface area contributed by atoms with Crippen LogP contribution in [0.15, 0.2) is 53.4 Å². The van der Waals surface area contributed by atoms with Crippen LogP contribution in [0, 0.1) is 0 Å². The molecule has 5 nitrogen and oxygen atoms in total. The molecule has 0 bridgehead atoms. The van der Waals surface area contributed by atoms with Crippen molar-refractivity contribution in [2.24, 2.45) is 0 Å². The second kappa shape index (κ2) is 11.5. The number of amides is 2. The van der Waals surface area contributed by atoms with Gasteiger partial charge in [0, 0.05) is 13.0 Å². The summed E-state index contributed by atoms with van der Waals surface area (Å²) in [5, 5.41) is 2.28. The number of nitrogens with one attached hydrogen (secondary N) is 1. The van der Waals surface area contributed by atoms with E-state index in [0.717, 1.165) is 42.0 Å². The van der Waals surface area contributed by atoms with E-state index in [-0.39, 0.29) is 30.7 Å². The minimum Gasteiger partial charge on any atom is -0.490 e. The Morgan fingerprint density at radius 1 is 1.11 bits per heavy atom. The van der Waals surface area contributed by atoms with Gasteiger partial charge >= 0.3 is 6.18 Å². The van der Waals surface area contributed by atoms with Gasteiger partial charge in [-0.2, -0.15) is 13.2 Å². The molecule has 1 saturated heterocycles. The summed E-state index contributed by atoms with van der Waals surface area (Å²) < 4.78 is 45.8. The molecule has 36 heavy (non-hydrogen) atoms. The van der Waals surface area contributed by atoms with Gasteiger partial charge in [0.05, 0.1) is 22.3 Å². The number of benzene rings is 2. The number of carbonyl (C=O) groups is 2. The number of para-hydroxylation sites is 1. The summed E-state index contributed by atoms with van der Waals surface area (Å²) in [5.41, 5.74) is -0.439. The van der Waals surface area contributed by atoms with Gasteiger partial charge in [0.25, 0.3) is 5.91 Å². The third-order valence-electron chi connectivity index (χ3n) is 5.98. The Morgan fingerprint density at radius 3 is 2.50 bits per heavy atom. The molecule has 0 atom stereocenters. The summed E-state index contributed by atoms with van der Waals surface area (Å²) in [6, 6.07) is 12.3. The van der Waals surface area contributed by atoms with Crippen molar-refractivity contribution in [2.45, 2.75) is 50.8 Å². The number of halogens is 3. The molecule has 1 aliphatic carbocycles. The molecule has 0 radical (unpaired) electrons. The molecule has 2 fully saturated rings. The number of nitrogens with zero attached hydrogens (tertiary/aromatic N) is 1. The molecule has 190 valence electrons. The van der Waals surface area contributed by atoms with Gasteiger partial charge in [0.2, 0.25) is 5.91 Å². The van der Waals surface area contributed by atoms with Crippen molar-refractivity contribution in [3.05, 3.63) is 64.6 Å². The molecule has 1 aliphatic heterocycles. The van der Waals surface area contributed by atoms with E-state index >= 15 is 0 Å². The number of ether oxygens (including phenoxy) is 1. The highest BCUT2D eigenvalue weighted by molar-refractivity contribution is 8.26. The molecular weight excluding hydrogens is 509 g/mol. The van der Waals surface area contributed by atoms with E-state index in [1.54, 1.807) is 6.08 Å². The number of hydrogen-bond acceptors (Lipinski definition) is 5. The Labute approximate surface area is 217 Å². The third-order valence-corrected chi connectivity index (χ3v) is 7.35. The van der Waals surface area contributed by atoms with E-state index in [2.05, 4.69) is 5.32 Å². The molecule has 0 aromatic heterocycles. The lowest BCUT2D eigenvalue weighted by atomic mass is 9.98. The molecule has 1 saturated carbocycles. The predicted octanol–water partition coefficient (Wildman–Crippen LogP) is 6.65. The average Bonchev–Trinajstić information content (AvgIpc) is 3.11. The van der Waals surface area contributed by atoms with E-state index in [0.29, 0.717) is 9.23 Å². The summed E-state index contributed by atoms with van der Waals surface area (Å²) in [6.45, 7) is -0.0316. The fraction of sp³-hybridized carbons (Fsp3) is 0.346. The van der Waals surface area contributed by atoms with Crippen molar-refractivity contribution in [2.75, 3.05) is 11.9 Å². The summed E-state index contributed by atoms with van der Waals surface area (Å²) in [4.78, 5) is 26.9. The zero-order valence-electron chi connectivity index (χ0n) is 19.3. The maximum absolute atomic E-state index is 13.1. The minimum atomic E-state index is -4.59. The van der Waals surface area contributed by atoms with Gasteiger partial charge in [-0.25, -0.2) is 0 Å². The Hall–Kier alpha value is -2.85. The van der Waals surface area contributed by atoms with E-state index in [1.165, 1.54) is 42.4 Å². The van der Waals surface area contributed by atoms with Gasteiger partial charge < -0.3 is 10.1 Å². The molecule has 0 spiro atoms. The molecule has 10 heteroatoms. The van der Waals surface area contributed by atoms with Gasteiger partial charge in [-0.3, -0.25) is 14.5 Å². The van der Waals surface area contributed by atoms with E-state index in [9.17, 15) is 22.8 Å². The molecule has 2 aliphatic rings. The Morgan fingerprint density at radius 2 is 1.81 bits per heavy atom. The lowest BCUT2D eigenvalue weighted by Crippen LogP contribution is -2.31. The van der Waals surface area contributed by atoms with Crippen LogP contribution in [0.5, 0.6) is 5.75 Å². The number of thiocarbonyl (C=S) groups is 1. The number of rotatable bonds is 7. The summed E-state index contributed by atoms with van der Waals surface area (Å²) >= 11 is 6.43. The van der Waals surface area contributed by atoms with Gasteiger partial charge in [-0.1, -0.05) is 54.7 Å². The normalized spacial score (nSPS) is 18.1. The van der Waals surface area contributed by atoms with Crippen molar-refractivity contribution < 1.29 is 27.5 Å². The highest BCUT2D eigenvalue weighted by atomic mass is 32.2. The zero-order chi connectivity index (χ0) is 25.7. The molecular formula is C26H25F3N2O3S2. The van der Waals surface area contributed by atoms with Crippen molar-refractivity contribution in [3.8, 4) is 5.75 Å². The quantitative estimate of drug-likeness (QED) is 0.319. The lowest BCUT2D eigenvalue weighted by Gasteiger charge is -2.22. The van der Waals surface area contributed by atoms with Crippen LogP contribution < -0.4 is 10.1 Å². The van der Waals surface area contributed by atoms with Gasteiger partial charge in [-0.05, 0) is 61.6 Å². The fourth-order valence-electron chi connectivity index (χ4n) is 4.13. The van der Waals surface area contributed by atoms with Crippen molar-refractivity contribution in [1.82, 2.24) is 4.90 Å². The average molecular weight is 535 g/mol. The van der Waals surface area contributed by atoms with E-state index in [1.807, 2.05) is 24.3 Å². The molecule has 0 unspecified atom stereocenters. The second-order valence-corrected chi connectivity index (χ2v) is 10.3. The monoisotopic (exact) mass is 534 g/mol. The largest absolute Gasteiger partial charge is 0.490 e. The van der Waals surface area contributed by atoms with Gasteiger partial charge in [0.15, 0.2) is 0 Å². The standard InChI is InChI=1S/C26H25F3N2O3S2/c27-26(28,29)20-8-4-5-9-21(20)30-23(32)14-15-31-24(33)22(36-25(31)35)16-17-10-12-19(13-11-17)34-18-6-2-1-3-7-18/h4-5,8-13,16,18H,1-3,6-7,14-15H2,(H,30,32)/b22-16-. The van der Waals surface area contributed by atoms with Crippen LogP contribution in [-0.2, 0) is 15.8 Å². The second-order valence-electron chi connectivity index (χ2n) is 8.62. The minimum absolute atomic E-state index is 0.0316. The summed E-state index contributed by atoms with van der Waals surface area (Å²) in [5.74, 6) is -0.181. The first-order valence-corrected chi connectivity index (χ1v) is 12.9. The number of thioether (sulfide) groups is 1. The zero-order valence-corrected chi connectivity index (χ0v) is 21.0. The van der Waals surface area contributed by atoms with Crippen LogP contribution in [0.1, 0.15) is 49.7 Å². The van der Waals surface area contributed by atoms with Crippen molar-refractivity contribution in [1.29, 1.82) is 0 Å². The topological polar surface area (TPSA) is 58.6 Å². The number of alkyl halides is 3. The number of hydrogen-bond donors (Lipinski definition) is 1. The highest BCUT2D eigenvalue weighted by Gasteiger charge is 2.34. The van der Waals surface area contributed by atoms with Crippen LogP contribution in [0.2, 0.25) is 0 Å². The first-order chi connectivity index (χ1) is 17.2. The number of anilines is 1. The number of carbonyl (C=O) groups excluding carboxylic acids is 2. The molecule has 1 heterocycles.